The molecular weight excluding hydrogens is 307 g/mol. The Morgan fingerprint density at radius 3 is 2.52 bits per heavy atom. The van der Waals surface area contributed by atoms with E-state index in [1.165, 1.54) is 0 Å². The summed E-state index contributed by atoms with van der Waals surface area (Å²) in [4.78, 5) is 6.61. The van der Waals surface area contributed by atoms with Crippen LogP contribution in [0.4, 0.5) is 0 Å². The average Bonchev–Trinajstić information content (AvgIpc) is 2.87. The fourth-order valence-corrected chi connectivity index (χ4v) is 2.45. The summed E-state index contributed by atoms with van der Waals surface area (Å²) in [6.07, 6.45) is 5.33. The zero-order chi connectivity index (χ0) is 15.2. The van der Waals surface area contributed by atoms with Crippen molar-refractivity contribution in [2.24, 2.45) is 0 Å². The maximum Gasteiger partial charge on any atom is 0.227 e. The lowest BCUT2D eigenvalue weighted by molar-refractivity contribution is 0.323. The molecule has 0 N–H and O–H groups in total. The smallest absolute Gasteiger partial charge is 0.227 e. The fraction of sp³-hybridized carbons (Fsp3) is 0.188. The van der Waals surface area contributed by atoms with Gasteiger partial charge >= 0.3 is 0 Å². The van der Waals surface area contributed by atoms with Crippen molar-refractivity contribution in [2.45, 2.75) is 6.54 Å². The van der Waals surface area contributed by atoms with Gasteiger partial charge in [0.05, 0.1) is 16.3 Å². The van der Waals surface area contributed by atoms with Crippen molar-refractivity contribution in [3.8, 4) is 11.5 Å². The van der Waals surface area contributed by atoms with Gasteiger partial charge in [0.2, 0.25) is 5.89 Å². The third kappa shape index (κ3) is 4.21. The molecule has 0 radical (unpaired) electrons. The molecule has 2 rings (SSSR count). The van der Waals surface area contributed by atoms with Gasteiger partial charge in [0, 0.05) is 24.7 Å². The van der Waals surface area contributed by atoms with E-state index in [-0.39, 0.29) is 0 Å². The molecule has 3 nitrogen and oxygen atoms in total. The van der Waals surface area contributed by atoms with Crippen LogP contribution < -0.4 is 0 Å². The molecule has 2 aromatic rings. The van der Waals surface area contributed by atoms with Gasteiger partial charge in [-0.1, -0.05) is 35.4 Å². The number of benzene rings is 1. The number of rotatable bonds is 7. The van der Waals surface area contributed by atoms with Crippen LogP contribution in [0, 0.1) is 0 Å². The summed E-state index contributed by atoms with van der Waals surface area (Å²) >= 11 is 12.0. The van der Waals surface area contributed by atoms with Crippen LogP contribution in [0.25, 0.3) is 11.5 Å². The van der Waals surface area contributed by atoms with Crippen LogP contribution in [-0.4, -0.2) is 23.0 Å². The molecule has 0 saturated carbocycles. The number of oxazole rings is 1. The Labute approximate surface area is 134 Å². The second-order valence-corrected chi connectivity index (χ2v) is 5.38. The highest BCUT2D eigenvalue weighted by atomic mass is 35.5. The second kappa shape index (κ2) is 7.46. The lowest BCUT2D eigenvalue weighted by Crippen LogP contribution is -2.23. The average molecular weight is 323 g/mol. The molecular formula is C16H16Cl2N2O. The Hall–Kier alpha value is -1.55. The van der Waals surface area contributed by atoms with E-state index in [1.807, 2.05) is 12.2 Å². The maximum atomic E-state index is 6.16. The van der Waals surface area contributed by atoms with Gasteiger partial charge in [-0.15, -0.1) is 13.2 Å². The summed E-state index contributed by atoms with van der Waals surface area (Å²) in [6, 6.07) is 5.23. The van der Waals surface area contributed by atoms with E-state index in [2.05, 4.69) is 23.0 Å². The Bertz CT molecular complexity index is 627. The molecule has 0 bridgehead atoms. The summed E-state index contributed by atoms with van der Waals surface area (Å²) in [5.41, 5.74) is 1.56. The zero-order valence-electron chi connectivity index (χ0n) is 11.6. The van der Waals surface area contributed by atoms with E-state index >= 15 is 0 Å². The predicted octanol–water partition coefficient (Wildman–Crippen LogP) is 4.82. The molecule has 0 aliphatic rings. The van der Waals surface area contributed by atoms with Gasteiger partial charge in [-0.2, -0.15) is 0 Å². The molecule has 0 aliphatic carbocycles. The first-order valence-corrected chi connectivity index (χ1v) is 7.23. The van der Waals surface area contributed by atoms with Crippen LogP contribution in [0.15, 0.2) is 54.2 Å². The van der Waals surface area contributed by atoms with Crippen molar-refractivity contribution in [3.05, 3.63) is 65.5 Å². The third-order valence-electron chi connectivity index (χ3n) is 2.87. The number of aromatic nitrogens is 1. The van der Waals surface area contributed by atoms with Gasteiger partial charge in [-0.05, 0) is 18.2 Å². The molecule has 5 heteroatoms. The molecule has 21 heavy (non-hydrogen) atoms. The largest absolute Gasteiger partial charge is 0.444 e. The molecule has 110 valence electrons. The van der Waals surface area contributed by atoms with Crippen LogP contribution in [0.1, 0.15) is 5.69 Å². The molecule has 0 atom stereocenters. The molecule has 0 spiro atoms. The summed E-state index contributed by atoms with van der Waals surface area (Å²) in [6.45, 7) is 9.67. The van der Waals surface area contributed by atoms with Crippen molar-refractivity contribution in [2.75, 3.05) is 13.1 Å². The molecule has 1 aromatic heterocycles. The van der Waals surface area contributed by atoms with Crippen LogP contribution >= 0.6 is 23.2 Å². The summed E-state index contributed by atoms with van der Waals surface area (Å²) in [5.74, 6) is 0.490. The van der Waals surface area contributed by atoms with Crippen LogP contribution in [0.3, 0.4) is 0 Å². The first-order chi connectivity index (χ1) is 10.1. The molecule has 1 heterocycles. The van der Waals surface area contributed by atoms with Crippen molar-refractivity contribution in [1.29, 1.82) is 0 Å². The van der Waals surface area contributed by atoms with Gasteiger partial charge in [0.25, 0.3) is 0 Å². The van der Waals surface area contributed by atoms with Crippen LogP contribution in [-0.2, 0) is 6.54 Å². The number of nitrogens with zero attached hydrogens (tertiary/aromatic N) is 2. The Morgan fingerprint density at radius 1 is 1.19 bits per heavy atom. The van der Waals surface area contributed by atoms with Gasteiger partial charge in [-0.3, -0.25) is 4.90 Å². The Balaban J connectivity index is 2.17. The topological polar surface area (TPSA) is 29.3 Å². The molecule has 0 aliphatic heterocycles. The third-order valence-corrected chi connectivity index (χ3v) is 3.42. The predicted molar refractivity (Wildman–Crippen MR) is 87.6 cm³/mol. The normalized spacial score (nSPS) is 10.8. The minimum absolute atomic E-state index is 0.490. The molecule has 0 saturated heterocycles. The molecule has 0 amide bonds. The van der Waals surface area contributed by atoms with E-state index in [0.717, 1.165) is 24.3 Å². The van der Waals surface area contributed by atoms with Gasteiger partial charge in [0.15, 0.2) is 0 Å². The number of halogens is 2. The van der Waals surface area contributed by atoms with E-state index < -0.39 is 0 Å². The number of hydrogen-bond donors (Lipinski definition) is 0. The van der Waals surface area contributed by atoms with Crippen LogP contribution in [0.5, 0.6) is 0 Å². The van der Waals surface area contributed by atoms with E-state index in [4.69, 9.17) is 27.6 Å². The maximum absolute atomic E-state index is 6.16. The molecule has 0 unspecified atom stereocenters. The SMILES string of the molecule is C=CCN(CC=C)Cc1coc(-c2ccc(Cl)cc2Cl)n1. The highest BCUT2D eigenvalue weighted by molar-refractivity contribution is 6.36. The fourth-order valence-electron chi connectivity index (χ4n) is 1.96. The van der Waals surface area contributed by atoms with E-state index in [9.17, 15) is 0 Å². The first-order valence-electron chi connectivity index (χ1n) is 6.48. The minimum atomic E-state index is 0.490. The summed E-state index contributed by atoms with van der Waals surface area (Å²) in [7, 11) is 0. The first kappa shape index (κ1) is 15.8. The Morgan fingerprint density at radius 2 is 1.90 bits per heavy atom. The summed E-state index contributed by atoms with van der Waals surface area (Å²) in [5, 5.41) is 1.10. The second-order valence-electron chi connectivity index (χ2n) is 4.54. The zero-order valence-corrected chi connectivity index (χ0v) is 13.1. The standard InChI is InChI=1S/C16H16Cl2N2O/c1-3-7-20(8-4-2)10-13-11-21-16(19-13)14-6-5-12(17)9-15(14)18/h3-6,9,11H,1-2,7-8,10H2. The quantitative estimate of drug-likeness (QED) is 0.684. The van der Waals surface area contributed by atoms with E-state index in [1.54, 1.807) is 24.5 Å². The van der Waals surface area contributed by atoms with Crippen LogP contribution in [0.2, 0.25) is 10.0 Å². The monoisotopic (exact) mass is 322 g/mol. The highest BCUT2D eigenvalue weighted by Crippen LogP contribution is 2.29. The van der Waals surface area contributed by atoms with Crippen molar-refractivity contribution >= 4 is 23.2 Å². The van der Waals surface area contributed by atoms with Crippen molar-refractivity contribution in [1.82, 2.24) is 9.88 Å². The lowest BCUT2D eigenvalue weighted by Gasteiger charge is -2.16. The lowest BCUT2D eigenvalue weighted by atomic mass is 10.2. The Kier molecular flexibility index (Phi) is 5.62. The molecule has 1 aromatic carbocycles. The highest BCUT2D eigenvalue weighted by Gasteiger charge is 2.12. The summed E-state index contributed by atoms with van der Waals surface area (Å²) < 4.78 is 5.51. The minimum Gasteiger partial charge on any atom is -0.444 e. The number of hydrogen-bond acceptors (Lipinski definition) is 3. The van der Waals surface area contributed by atoms with Gasteiger partial charge < -0.3 is 4.42 Å². The van der Waals surface area contributed by atoms with Gasteiger partial charge in [-0.25, -0.2) is 4.98 Å². The van der Waals surface area contributed by atoms with Crippen molar-refractivity contribution in [3.63, 3.8) is 0 Å². The van der Waals surface area contributed by atoms with Gasteiger partial charge in [0.1, 0.15) is 6.26 Å². The molecule has 0 fully saturated rings. The van der Waals surface area contributed by atoms with E-state index in [0.29, 0.717) is 22.5 Å². The van der Waals surface area contributed by atoms with Crippen molar-refractivity contribution < 1.29 is 4.42 Å².